The maximum atomic E-state index is 5.98. The van der Waals surface area contributed by atoms with Gasteiger partial charge >= 0.3 is 0 Å². The maximum absolute atomic E-state index is 5.98. The Morgan fingerprint density at radius 3 is 2.65 bits per heavy atom. The number of halogens is 1. The van der Waals surface area contributed by atoms with Crippen LogP contribution in [-0.4, -0.2) is 27.5 Å². The van der Waals surface area contributed by atoms with Gasteiger partial charge in [0.25, 0.3) is 0 Å². The standard InChI is InChI=1S/C13H18ClN3/c1-9-6-12(14)16-13(15-9)8-17(11-4-5-11)7-10-2-3-10/h6,10-11H,2-5,7-8H2,1H3. The highest BCUT2D eigenvalue weighted by Crippen LogP contribution is 2.35. The molecule has 2 aliphatic carbocycles. The highest BCUT2D eigenvalue weighted by molar-refractivity contribution is 6.29. The third kappa shape index (κ3) is 3.17. The van der Waals surface area contributed by atoms with Crippen molar-refractivity contribution in [1.82, 2.24) is 14.9 Å². The number of aromatic nitrogens is 2. The van der Waals surface area contributed by atoms with E-state index in [1.807, 2.05) is 13.0 Å². The van der Waals surface area contributed by atoms with Crippen molar-refractivity contribution in [3.8, 4) is 0 Å². The molecule has 2 fully saturated rings. The minimum atomic E-state index is 0.565. The van der Waals surface area contributed by atoms with Crippen LogP contribution >= 0.6 is 11.6 Å². The van der Waals surface area contributed by atoms with E-state index in [1.54, 1.807) is 0 Å². The van der Waals surface area contributed by atoms with Crippen LogP contribution in [0.2, 0.25) is 5.15 Å². The monoisotopic (exact) mass is 251 g/mol. The Kier molecular flexibility index (Phi) is 3.05. The lowest BCUT2D eigenvalue weighted by molar-refractivity contribution is 0.238. The highest BCUT2D eigenvalue weighted by atomic mass is 35.5. The van der Waals surface area contributed by atoms with Crippen LogP contribution in [0.25, 0.3) is 0 Å². The van der Waals surface area contributed by atoms with Crippen molar-refractivity contribution in [3.63, 3.8) is 0 Å². The highest BCUT2D eigenvalue weighted by Gasteiger charge is 2.33. The number of hydrogen-bond acceptors (Lipinski definition) is 3. The molecular weight excluding hydrogens is 234 g/mol. The van der Waals surface area contributed by atoms with Gasteiger partial charge in [0, 0.05) is 18.3 Å². The second kappa shape index (κ2) is 4.54. The van der Waals surface area contributed by atoms with E-state index in [9.17, 15) is 0 Å². The first-order valence-corrected chi connectivity index (χ1v) is 6.82. The molecule has 0 aliphatic heterocycles. The zero-order valence-corrected chi connectivity index (χ0v) is 11.0. The van der Waals surface area contributed by atoms with Crippen LogP contribution < -0.4 is 0 Å². The third-order valence-corrected chi connectivity index (χ3v) is 3.66. The quantitative estimate of drug-likeness (QED) is 0.754. The summed E-state index contributed by atoms with van der Waals surface area (Å²) >= 11 is 5.98. The number of aryl methyl sites for hydroxylation is 1. The minimum absolute atomic E-state index is 0.565. The Morgan fingerprint density at radius 1 is 1.29 bits per heavy atom. The van der Waals surface area contributed by atoms with Gasteiger partial charge in [0.1, 0.15) is 11.0 Å². The number of hydrogen-bond donors (Lipinski definition) is 0. The minimum Gasteiger partial charge on any atom is -0.293 e. The normalized spacial score (nSPS) is 19.9. The Hall–Kier alpha value is -0.670. The van der Waals surface area contributed by atoms with E-state index in [0.717, 1.165) is 30.0 Å². The molecule has 3 nitrogen and oxygen atoms in total. The molecule has 4 heteroatoms. The molecule has 2 aliphatic rings. The van der Waals surface area contributed by atoms with Crippen LogP contribution in [0, 0.1) is 12.8 Å². The second-order valence-corrected chi connectivity index (χ2v) is 5.74. The van der Waals surface area contributed by atoms with Crippen molar-refractivity contribution >= 4 is 11.6 Å². The Balaban J connectivity index is 1.69. The molecular formula is C13H18ClN3. The molecule has 0 unspecified atom stereocenters. The van der Waals surface area contributed by atoms with Gasteiger partial charge in [0.05, 0.1) is 6.54 Å². The topological polar surface area (TPSA) is 29.0 Å². The summed E-state index contributed by atoms with van der Waals surface area (Å²) in [5.41, 5.74) is 0.960. The van der Waals surface area contributed by atoms with Crippen molar-refractivity contribution < 1.29 is 0 Å². The summed E-state index contributed by atoms with van der Waals surface area (Å²) in [6, 6.07) is 2.59. The van der Waals surface area contributed by atoms with Crippen molar-refractivity contribution in [2.45, 2.75) is 45.2 Å². The lowest BCUT2D eigenvalue weighted by atomic mass is 10.3. The molecule has 0 radical (unpaired) electrons. The predicted octanol–water partition coefficient (Wildman–Crippen LogP) is 2.81. The summed E-state index contributed by atoms with van der Waals surface area (Å²) in [5, 5.41) is 0.565. The van der Waals surface area contributed by atoms with Crippen LogP contribution in [0.3, 0.4) is 0 Å². The smallest absolute Gasteiger partial charge is 0.144 e. The average molecular weight is 252 g/mol. The lowest BCUT2D eigenvalue weighted by Gasteiger charge is -2.20. The van der Waals surface area contributed by atoms with E-state index in [4.69, 9.17) is 11.6 Å². The van der Waals surface area contributed by atoms with Crippen molar-refractivity contribution in [2.24, 2.45) is 5.92 Å². The average Bonchev–Trinajstić information content (AvgIpc) is 3.11. The van der Waals surface area contributed by atoms with E-state index in [-0.39, 0.29) is 0 Å². The molecule has 0 saturated heterocycles. The third-order valence-electron chi connectivity index (χ3n) is 3.47. The van der Waals surface area contributed by atoms with Gasteiger partial charge in [-0.3, -0.25) is 4.90 Å². The molecule has 0 bridgehead atoms. The largest absolute Gasteiger partial charge is 0.293 e. The van der Waals surface area contributed by atoms with E-state index in [2.05, 4.69) is 14.9 Å². The van der Waals surface area contributed by atoms with Crippen LogP contribution in [0.15, 0.2) is 6.07 Å². The fraction of sp³-hybridized carbons (Fsp3) is 0.692. The zero-order chi connectivity index (χ0) is 11.8. The fourth-order valence-corrected chi connectivity index (χ4v) is 2.51. The summed E-state index contributed by atoms with van der Waals surface area (Å²) in [7, 11) is 0. The number of rotatable bonds is 5. The first-order chi connectivity index (χ1) is 8.20. The van der Waals surface area contributed by atoms with E-state index < -0.39 is 0 Å². The van der Waals surface area contributed by atoms with Crippen LogP contribution in [0.5, 0.6) is 0 Å². The summed E-state index contributed by atoms with van der Waals surface area (Å²) in [6.45, 7) is 4.06. The van der Waals surface area contributed by atoms with Crippen LogP contribution in [0.4, 0.5) is 0 Å². The first-order valence-electron chi connectivity index (χ1n) is 6.45. The first kappa shape index (κ1) is 11.4. The molecule has 17 heavy (non-hydrogen) atoms. The summed E-state index contributed by atoms with van der Waals surface area (Å²) in [5.74, 6) is 1.80. The second-order valence-electron chi connectivity index (χ2n) is 5.35. The van der Waals surface area contributed by atoms with Gasteiger partial charge in [-0.2, -0.15) is 0 Å². The van der Waals surface area contributed by atoms with Crippen molar-refractivity contribution in [3.05, 3.63) is 22.7 Å². The molecule has 2 saturated carbocycles. The molecule has 0 aromatic carbocycles. The fourth-order valence-electron chi connectivity index (χ4n) is 2.26. The van der Waals surface area contributed by atoms with E-state index in [1.165, 1.54) is 32.2 Å². The maximum Gasteiger partial charge on any atom is 0.144 e. The van der Waals surface area contributed by atoms with E-state index >= 15 is 0 Å². The van der Waals surface area contributed by atoms with Crippen LogP contribution in [0.1, 0.15) is 37.2 Å². The van der Waals surface area contributed by atoms with E-state index in [0.29, 0.717) is 5.15 Å². The van der Waals surface area contributed by atoms with Gasteiger partial charge in [-0.25, -0.2) is 9.97 Å². The molecule has 0 atom stereocenters. The van der Waals surface area contributed by atoms with Gasteiger partial charge in [-0.05, 0) is 44.6 Å². The van der Waals surface area contributed by atoms with Crippen LogP contribution in [-0.2, 0) is 6.54 Å². The molecule has 1 heterocycles. The van der Waals surface area contributed by atoms with Gasteiger partial charge in [-0.1, -0.05) is 11.6 Å². The molecule has 0 N–H and O–H groups in total. The lowest BCUT2D eigenvalue weighted by Crippen LogP contribution is -2.28. The van der Waals surface area contributed by atoms with Gasteiger partial charge < -0.3 is 0 Å². The molecule has 0 spiro atoms. The molecule has 1 aromatic rings. The molecule has 1 aromatic heterocycles. The zero-order valence-electron chi connectivity index (χ0n) is 10.2. The van der Waals surface area contributed by atoms with Gasteiger partial charge in [0.15, 0.2) is 0 Å². The van der Waals surface area contributed by atoms with Crippen molar-refractivity contribution in [2.75, 3.05) is 6.54 Å². The number of nitrogens with zero attached hydrogens (tertiary/aromatic N) is 3. The summed E-state index contributed by atoms with van der Waals surface area (Å²) in [6.07, 6.45) is 5.48. The predicted molar refractivity (Wildman–Crippen MR) is 67.9 cm³/mol. The summed E-state index contributed by atoms with van der Waals surface area (Å²) < 4.78 is 0. The Labute approximate surface area is 107 Å². The van der Waals surface area contributed by atoms with Crippen molar-refractivity contribution in [1.29, 1.82) is 0 Å². The Morgan fingerprint density at radius 2 is 2.06 bits per heavy atom. The van der Waals surface area contributed by atoms with Gasteiger partial charge in [0.2, 0.25) is 0 Å². The summed E-state index contributed by atoms with van der Waals surface area (Å²) in [4.78, 5) is 11.3. The molecule has 3 rings (SSSR count). The SMILES string of the molecule is Cc1cc(Cl)nc(CN(CC2CC2)C2CC2)n1. The molecule has 0 amide bonds. The Bertz CT molecular complexity index is 393. The van der Waals surface area contributed by atoms with Gasteiger partial charge in [-0.15, -0.1) is 0 Å². The molecule has 92 valence electrons.